The Kier molecular flexibility index (Phi) is 5.83. The lowest BCUT2D eigenvalue weighted by atomic mass is 9.91. The Morgan fingerprint density at radius 2 is 1.90 bits per heavy atom. The van der Waals surface area contributed by atoms with Crippen LogP contribution in [-0.4, -0.2) is 48.1 Å². The van der Waals surface area contributed by atoms with Gasteiger partial charge in [0.1, 0.15) is 0 Å². The molecule has 1 unspecified atom stereocenters. The standard InChI is InChI=1S/C15H26N2O3/c18-14(10-12-5-7-16-8-6-12)17-9-1-2-13(11-17)3-4-15(19)20/h12-13,16H,1-11H2,(H,19,20). The lowest BCUT2D eigenvalue weighted by molar-refractivity contribution is -0.137. The van der Waals surface area contributed by atoms with E-state index in [1.807, 2.05) is 4.90 Å². The molecule has 0 aliphatic carbocycles. The van der Waals surface area contributed by atoms with Gasteiger partial charge in [-0.2, -0.15) is 0 Å². The van der Waals surface area contributed by atoms with E-state index in [9.17, 15) is 9.59 Å². The van der Waals surface area contributed by atoms with Crippen LogP contribution in [0.25, 0.3) is 0 Å². The van der Waals surface area contributed by atoms with Crippen LogP contribution in [0.1, 0.15) is 44.9 Å². The van der Waals surface area contributed by atoms with Crippen molar-refractivity contribution >= 4 is 11.9 Å². The van der Waals surface area contributed by atoms with Crippen LogP contribution in [0.5, 0.6) is 0 Å². The summed E-state index contributed by atoms with van der Waals surface area (Å²) in [6.45, 7) is 3.67. The predicted molar refractivity (Wildman–Crippen MR) is 76.4 cm³/mol. The third kappa shape index (κ3) is 4.78. The molecule has 0 aromatic carbocycles. The van der Waals surface area contributed by atoms with Crippen LogP contribution in [0, 0.1) is 11.8 Å². The highest BCUT2D eigenvalue weighted by Gasteiger charge is 2.26. The summed E-state index contributed by atoms with van der Waals surface area (Å²) in [5, 5.41) is 12.1. The Bertz CT molecular complexity index is 340. The van der Waals surface area contributed by atoms with Crippen molar-refractivity contribution in [2.75, 3.05) is 26.2 Å². The molecule has 114 valence electrons. The molecule has 0 radical (unpaired) electrons. The van der Waals surface area contributed by atoms with Crippen molar-refractivity contribution in [3.8, 4) is 0 Å². The van der Waals surface area contributed by atoms with Crippen molar-refractivity contribution in [2.45, 2.75) is 44.9 Å². The molecule has 1 atom stereocenters. The SMILES string of the molecule is O=C(O)CCC1CCCN(C(=O)CC2CCNCC2)C1. The average molecular weight is 282 g/mol. The molecular formula is C15H26N2O3. The van der Waals surface area contributed by atoms with E-state index in [1.165, 1.54) is 0 Å². The summed E-state index contributed by atoms with van der Waals surface area (Å²) in [6, 6.07) is 0. The number of carboxylic acid groups (broad SMARTS) is 1. The Morgan fingerprint density at radius 1 is 1.15 bits per heavy atom. The highest BCUT2D eigenvalue weighted by atomic mass is 16.4. The van der Waals surface area contributed by atoms with Gasteiger partial charge in [0.25, 0.3) is 0 Å². The first-order valence-electron chi connectivity index (χ1n) is 7.85. The first kappa shape index (κ1) is 15.3. The van der Waals surface area contributed by atoms with Gasteiger partial charge in [-0.15, -0.1) is 0 Å². The quantitative estimate of drug-likeness (QED) is 0.801. The number of hydrogen-bond acceptors (Lipinski definition) is 3. The first-order valence-corrected chi connectivity index (χ1v) is 7.85. The summed E-state index contributed by atoms with van der Waals surface area (Å²) in [4.78, 5) is 24.9. The van der Waals surface area contributed by atoms with E-state index in [4.69, 9.17) is 5.11 Å². The molecule has 5 nitrogen and oxygen atoms in total. The van der Waals surface area contributed by atoms with Gasteiger partial charge in [0.05, 0.1) is 0 Å². The summed E-state index contributed by atoms with van der Waals surface area (Å²) < 4.78 is 0. The minimum Gasteiger partial charge on any atom is -0.481 e. The number of carboxylic acids is 1. The molecule has 0 aromatic rings. The first-order chi connectivity index (χ1) is 9.65. The number of piperidine rings is 2. The number of hydrogen-bond donors (Lipinski definition) is 2. The molecule has 5 heteroatoms. The second kappa shape index (κ2) is 7.62. The van der Waals surface area contributed by atoms with E-state index in [0.717, 1.165) is 51.9 Å². The van der Waals surface area contributed by atoms with Gasteiger partial charge in [0.2, 0.25) is 5.91 Å². The minimum absolute atomic E-state index is 0.223. The zero-order valence-electron chi connectivity index (χ0n) is 12.1. The Labute approximate surface area is 120 Å². The molecule has 2 saturated heterocycles. The topological polar surface area (TPSA) is 69.6 Å². The summed E-state index contributed by atoms with van der Waals surface area (Å²) in [5.74, 6) is 0.444. The van der Waals surface area contributed by atoms with Gasteiger partial charge in [-0.3, -0.25) is 9.59 Å². The molecule has 2 N–H and O–H groups in total. The van der Waals surface area contributed by atoms with Crippen LogP contribution >= 0.6 is 0 Å². The number of likely N-dealkylation sites (tertiary alicyclic amines) is 1. The number of amides is 1. The van der Waals surface area contributed by atoms with Crippen molar-refractivity contribution in [3.63, 3.8) is 0 Å². The highest BCUT2D eigenvalue weighted by molar-refractivity contribution is 5.76. The third-order valence-electron chi connectivity index (χ3n) is 4.56. The summed E-state index contributed by atoms with van der Waals surface area (Å²) in [7, 11) is 0. The van der Waals surface area contributed by atoms with Crippen LogP contribution in [0.2, 0.25) is 0 Å². The molecule has 2 rings (SSSR count). The number of nitrogens with one attached hydrogen (secondary N) is 1. The number of nitrogens with zero attached hydrogens (tertiary/aromatic N) is 1. The fourth-order valence-electron chi connectivity index (χ4n) is 3.32. The zero-order chi connectivity index (χ0) is 14.4. The molecule has 2 fully saturated rings. The van der Waals surface area contributed by atoms with Crippen LogP contribution < -0.4 is 5.32 Å². The maximum absolute atomic E-state index is 12.3. The molecule has 0 bridgehead atoms. The van der Waals surface area contributed by atoms with Gasteiger partial charge >= 0.3 is 5.97 Å². The van der Waals surface area contributed by atoms with Crippen LogP contribution in [-0.2, 0) is 9.59 Å². The molecule has 20 heavy (non-hydrogen) atoms. The monoisotopic (exact) mass is 282 g/mol. The Morgan fingerprint density at radius 3 is 2.60 bits per heavy atom. The molecule has 2 aliphatic heterocycles. The molecule has 0 saturated carbocycles. The van der Waals surface area contributed by atoms with Crippen molar-refractivity contribution in [1.82, 2.24) is 10.2 Å². The number of rotatable bonds is 5. The van der Waals surface area contributed by atoms with E-state index < -0.39 is 5.97 Å². The fourth-order valence-corrected chi connectivity index (χ4v) is 3.32. The molecule has 0 aromatic heterocycles. The molecular weight excluding hydrogens is 256 g/mol. The second-order valence-corrected chi connectivity index (χ2v) is 6.18. The summed E-state index contributed by atoms with van der Waals surface area (Å²) in [5.41, 5.74) is 0. The fraction of sp³-hybridized carbons (Fsp3) is 0.867. The summed E-state index contributed by atoms with van der Waals surface area (Å²) in [6.07, 6.45) is 5.87. The predicted octanol–water partition coefficient (Wildman–Crippen LogP) is 1.48. The Hall–Kier alpha value is -1.10. The molecule has 2 heterocycles. The minimum atomic E-state index is -0.733. The lowest BCUT2D eigenvalue weighted by Gasteiger charge is -2.34. The normalized spacial score (nSPS) is 24.6. The largest absolute Gasteiger partial charge is 0.481 e. The van der Waals surface area contributed by atoms with Crippen molar-refractivity contribution in [2.24, 2.45) is 11.8 Å². The average Bonchev–Trinajstić information content (AvgIpc) is 2.46. The van der Waals surface area contributed by atoms with Crippen LogP contribution in [0.15, 0.2) is 0 Å². The van der Waals surface area contributed by atoms with Crippen molar-refractivity contribution in [3.05, 3.63) is 0 Å². The van der Waals surface area contributed by atoms with E-state index >= 15 is 0 Å². The third-order valence-corrected chi connectivity index (χ3v) is 4.56. The van der Waals surface area contributed by atoms with E-state index in [2.05, 4.69) is 5.32 Å². The van der Waals surface area contributed by atoms with Gasteiger partial charge in [-0.05, 0) is 57.0 Å². The highest BCUT2D eigenvalue weighted by Crippen LogP contribution is 2.23. The van der Waals surface area contributed by atoms with Gasteiger partial charge in [0, 0.05) is 25.9 Å². The van der Waals surface area contributed by atoms with Gasteiger partial charge < -0.3 is 15.3 Å². The zero-order valence-corrected chi connectivity index (χ0v) is 12.1. The number of carbonyl (C=O) groups is 2. The smallest absolute Gasteiger partial charge is 0.303 e. The maximum atomic E-state index is 12.3. The Balaban J connectivity index is 1.75. The number of aliphatic carboxylic acids is 1. The van der Waals surface area contributed by atoms with E-state index in [0.29, 0.717) is 24.7 Å². The van der Waals surface area contributed by atoms with E-state index in [-0.39, 0.29) is 12.3 Å². The molecule has 2 aliphatic rings. The van der Waals surface area contributed by atoms with E-state index in [1.54, 1.807) is 0 Å². The van der Waals surface area contributed by atoms with Crippen LogP contribution in [0.3, 0.4) is 0 Å². The van der Waals surface area contributed by atoms with Gasteiger partial charge in [0.15, 0.2) is 0 Å². The molecule has 0 spiro atoms. The second-order valence-electron chi connectivity index (χ2n) is 6.18. The maximum Gasteiger partial charge on any atom is 0.303 e. The van der Waals surface area contributed by atoms with Crippen molar-refractivity contribution < 1.29 is 14.7 Å². The van der Waals surface area contributed by atoms with Crippen LogP contribution in [0.4, 0.5) is 0 Å². The molecule has 1 amide bonds. The van der Waals surface area contributed by atoms with Gasteiger partial charge in [-0.1, -0.05) is 0 Å². The van der Waals surface area contributed by atoms with Crippen molar-refractivity contribution in [1.29, 1.82) is 0 Å². The number of carbonyl (C=O) groups excluding carboxylic acids is 1. The van der Waals surface area contributed by atoms with Gasteiger partial charge in [-0.25, -0.2) is 0 Å². The summed E-state index contributed by atoms with van der Waals surface area (Å²) >= 11 is 0. The lowest BCUT2D eigenvalue weighted by Crippen LogP contribution is -2.41.